The first-order valence-electron chi connectivity index (χ1n) is 5.10. The molecule has 0 aromatic rings. The zero-order chi connectivity index (χ0) is 9.47. The topological polar surface area (TPSA) is 24.8 Å². The van der Waals surface area contributed by atoms with Crippen LogP contribution in [0.2, 0.25) is 0 Å². The maximum atomic E-state index is 5.70. The van der Waals surface area contributed by atoms with Gasteiger partial charge in [0.15, 0.2) is 0 Å². The fraction of sp³-hybridized carbons (Fsp3) is 0.900. The van der Waals surface area contributed by atoms with Crippen LogP contribution in [0.1, 0.15) is 27.2 Å². The van der Waals surface area contributed by atoms with Crippen LogP contribution >= 0.6 is 0 Å². The van der Waals surface area contributed by atoms with Crippen LogP contribution in [0.25, 0.3) is 0 Å². The molecule has 0 aromatic carbocycles. The Labute approximate surface area is 79.8 Å². The second-order valence-corrected chi connectivity index (χ2v) is 4.28. The molecule has 0 N–H and O–H groups in total. The van der Waals surface area contributed by atoms with E-state index in [0.717, 1.165) is 25.5 Å². The molecule has 0 bridgehead atoms. The maximum Gasteiger partial charge on any atom is 0.131 e. The molecule has 1 saturated heterocycles. The summed E-state index contributed by atoms with van der Waals surface area (Å²) in [6.07, 6.45) is 1.18. The van der Waals surface area contributed by atoms with E-state index in [0.29, 0.717) is 6.04 Å². The molecule has 1 fully saturated rings. The molecular formula is C10H18N2O. The molecule has 0 saturated carbocycles. The molecule has 0 aromatic heterocycles. The minimum absolute atomic E-state index is 0.165. The zero-order valence-electron chi connectivity index (χ0n) is 8.71. The van der Waals surface area contributed by atoms with Crippen molar-refractivity contribution >= 4 is 5.84 Å². The highest BCUT2D eigenvalue weighted by Crippen LogP contribution is 2.26. The summed E-state index contributed by atoms with van der Waals surface area (Å²) in [6, 6.07) is 0.623. The van der Waals surface area contributed by atoms with Crippen LogP contribution in [0.15, 0.2) is 4.99 Å². The number of rotatable bonds is 1. The van der Waals surface area contributed by atoms with Gasteiger partial charge in [0.2, 0.25) is 0 Å². The first-order valence-corrected chi connectivity index (χ1v) is 5.10. The van der Waals surface area contributed by atoms with Crippen LogP contribution in [-0.4, -0.2) is 42.1 Å². The van der Waals surface area contributed by atoms with Gasteiger partial charge in [-0.05, 0) is 20.3 Å². The van der Waals surface area contributed by atoms with Gasteiger partial charge in [0.05, 0.1) is 13.2 Å². The number of amidine groups is 1. The molecule has 2 heterocycles. The third-order valence-electron chi connectivity index (χ3n) is 2.97. The maximum absolute atomic E-state index is 5.70. The van der Waals surface area contributed by atoms with Crippen molar-refractivity contribution in [1.29, 1.82) is 0 Å². The lowest BCUT2D eigenvalue weighted by atomic mass is 10.0. The largest absolute Gasteiger partial charge is 0.366 e. The van der Waals surface area contributed by atoms with E-state index < -0.39 is 0 Å². The van der Waals surface area contributed by atoms with E-state index in [1.807, 2.05) is 0 Å². The molecule has 1 unspecified atom stereocenters. The molecule has 0 spiro atoms. The van der Waals surface area contributed by atoms with Gasteiger partial charge in [0.25, 0.3) is 0 Å². The molecule has 0 aliphatic carbocycles. The van der Waals surface area contributed by atoms with Gasteiger partial charge in [-0.1, -0.05) is 6.92 Å². The predicted octanol–water partition coefficient (Wildman–Crippen LogP) is 1.29. The fourth-order valence-electron chi connectivity index (χ4n) is 2.19. The molecule has 0 radical (unpaired) electrons. The second kappa shape index (κ2) is 2.98. The first kappa shape index (κ1) is 9.00. The predicted molar refractivity (Wildman–Crippen MR) is 53.1 cm³/mol. The van der Waals surface area contributed by atoms with E-state index in [2.05, 4.69) is 30.7 Å². The van der Waals surface area contributed by atoms with Gasteiger partial charge >= 0.3 is 0 Å². The molecule has 74 valence electrons. The van der Waals surface area contributed by atoms with Crippen molar-refractivity contribution in [2.75, 3.05) is 19.7 Å². The quantitative estimate of drug-likeness (QED) is 0.610. The van der Waals surface area contributed by atoms with Crippen molar-refractivity contribution in [3.05, 3.63) is 0 Å². The van der Waals surface area contributed by atoms with E-state index in [9.17, 15) is 0 Å². The Hall–Kier alpha value is -0.570. The van der Waals surface area contributed by atoms with Gasteiger partial charge in [-0.25, -0.2) is 0 Å². The van der Waals surface area contributed by atoms with E-state index in [4.69, 9.17) is 4.74 Å². The average molecular weight is 182 g/mol. The van der Waals surface area contributed by atoms with E-state index in [-0.39, 0.29) is 5.60 Å². The van der Waals surface area contributed by atoms with Crippen LogP contribution in [0.5, 0.6) is 0 Å². The summed E-state index contributed by atoms with van der Waals surface area (Å²) in [5.41, 5.74) is -0.165. The highest BCUT2D eigenvalue weighted by Gasteiger charge is 2.40. The van der Waals surface area contributed by atoms with Crippen molar-refractivity contribution in [1.82, 2.24) is 4.90 Å². The van der Waals surface area contributed by atoms with E-state index >= 15 is 0 Å². The van der Waals surface area contributed by atoms with Crippen LogP contribution in [0.3, 0.4) is 0 Å². The minimum atomic E-state index is -0.165. The Morgan fingerprint density at radius 1 is 1.62 bits per heavy atom. The number of aliphatic imine (C=N–C) groups is 1. The van der Waals surface area contributed by atoms with Gasteiger partial charge in [0.1, 0.15) is 11.4 Å². The number of hydrogen-bond acceptors (Lipinski definition) is 3. The highest BCUT2D eigenvalue weighted by molar-refractivity contribution is 5.92. The van der Waals surface area contributed by atoms with Crippen LogP contribution < -0.4 is 0 Å². The van der Waals surface area contributed by atoms with Gasteiger partial charge in [0, 0.05) is 12.6 Å². The average Bonchev–Trinajstić information content (AvgIpc) is 2.48. The Morgan fingerprint density at radius 3 is 3.08 bits per heavy atom. The third kappa shape index (κ3) is 1.35. The summed E-state index contributed by atoms with van der Waals surface area (Å²) in [6.45, 7) is 9.25. The van der Waals surface area contributed by atoms with Crippen LogP contribution in [-0.2, 0) is 4.74 Å². The SMILES string of the molecule is CCC1CN=C2N1CCOC2(C)C. The number of hydrogen-bond donors (Lipinski definition) is 0. The van der Waals surface area contributed by atoms with Crippen molar-refractivity contribution in [3.63, 3.8) is 0 Å². The third-order valence-corrected chi connectivity index (χ3v) is 2.97. The number of fused-ring (bicyclic) bond motifs is 1. The highest BCUT2D eigenvalue weighted by atomic mass is 16.5. The standard InChI is InChI=1S/C10H18N2O/c1-4-8-7-11-9-10(2,3)13-6-5-12(8)9/h8H,4-7H2,1-3H3. The Morgan fingerprint density at radius 2 is 2.38 bits per heavy atom. The summed E-state index contributed by atoms with van der Waals surface area (Å²) in [5.74, 6) is 1.16. The number of nitrogens with zero attached hydrogens (tertiary/aromatic N) is 2. The smallest absolute Gasteiger partial charge is 0.131 e. The lowest BCUT2D eigenvalue weighted by Crippen LogP contribution is -2.54. The molecule has 3 heteroatoms. The summed E-state index contributed by atoms with van der Waals surface area (Å²) in [7, 11) is 0. The summed E-state index contributed by atoms with van der Waals surface area (Å²) in [4.78, 5) is 7.00. The molecule has 2 aliphatic heterocycles. The molecule has 1 atom stereocenters. The fourth-order valence-corrected chi connectivity index (χ4v) is 2.19. The van der Waals surface area contributed by atoms with Crippen molar-refractivity contribution < 1.29 is 4.74 Å². The van der Waals surface area contributed by atoms with E-state index in [1.165, 1.54) is 6.42 Å². The van der Waals surface area contributed by atoms with Crippen molar-refractivity contribution in [3.8, 4) is 0 Å². The monoisotopic (exact) mass is 182 g/mol. The lowest BCUT2D eigenvalue weighted by Gasteiger charge is -2.40. The van der Waals surface area contributed by atoms with Gasteiger partial charge in [-0.3, -0.25) is 4.99 Å². The molecule has 2 aliphatic rings. The molecular weight excluding hydrogens is 164 g/mol. The molecule has 3 nitrogen and oxygen atoms in total. The summed E-state index contributed by atoms with van der Waals surface area (Å²) >= 11 is 0. The minimum Gasteiger partial charge on any atom is -0.366 e. The zero-order valence-corrected chi connectivity index (χ0v) is 8.71. The van der Waals surface area contributed by atoms with Crippen molar-refractivity contribution in [2.24, 2.45) is 4.99 Å². The lowest BCUT2D eigenvalue weighted by molar-refractivity contribution is -0.00846. The Balaban J connectivity index is 2.19. The number of ether oxygens (including phenoxy) is 1. The Kier molecular flexibility index (Phi) is 2.06. The molecule has 0 amide bonds. The normalized spacial score (nSPS) is 31.5. The second-order valence-electron chi connectivity index (χ2n) is 4.28. The van der Waals surface area contributed by atoms with E-state index in [1.54, 1.807) is 0 Å². The molecule has 2 rings (SSSR count). The summed E-state index contributed by atoms with van der Waals surface area (Å²) in [5, 5.41) is 0. The van der Waals surface area contributed by atoms with Gasteiger partial charge in [-0.15, -0.1) is 0 Å². The van der Waals surface area contributed by atoms with Crippen molar-refractivity contribution in [2.45, 2.75) is 38.8 Å². The Bertz CT molecular complexity index is 235. The summed E-state index contributed by atoms with van der Waals surface area (Å²) < 4.78 is 5.70. The van der Waals surface area contributed by atoms with Crippen LogP contribution in [0.4, 0.5) is 0 Å². The van der Waals surface area contributed by atoms with Gasteiger partial charge < -0.3 is 9.64 Å². The first-order chi connectivity index (χ1) is 6.15. The number of morpholine rings is 1. The molecule has 13 heavy (non-hydrogen) atoms. The van der Waals surface area contributed by atoms with Gasteiger partial charge in [-0.2, -0.15) is 0 Å². The van der Waals surface area contributed by atoms with Crippen LogP contribution in [0, 0.1) is 0 Å².